The summed E-state index contributed by atoms with van der Waals surface area (Å²) in [6.07, 6.45) is 0.614. The van der Waals surface area contributed by atoms with E-state index < -0.39 is 0 Å². The Morgan fingerprint density at radius 3 is 1.38 bits per heavy atom. The third kappa shape index (κ3) is 3.02. The monoisotopic (exact) mass is 318 g/mol. The fourth-order valence-electron chi connectivity index (χ4n) is 2.43. The zero-order valence-corrected chi connectivity index (χ0v) is 12.6. The van der Waals surface area contributed by atoms with Crippen LogP contribution in [0.15, 0.2) is 48.5 Å². The van der Waals surface area contributed by atoms with Crippen LogP contribution in [-0.2, 0) is 0 Å². The summed E-state index contributed by atoms with van der Waals surface area (Å²) in [6, 6.07) is 13.6. The second kappa shape index (κ2) is 5.63. The van der Waals surface area contributed by atoms with Gasteiger partial charge in [0.25, 0.3) is 0 Å². The molecule has 0 aromatic heterocycles. The first kappa shape index (κ1) is 14.3. The Balaban J connectivity index is 1.71. The van der Waals surface area contributed by atoms with Crippen molar-refractivity contribution in [2.45, 2.75) is 6.42 Å². The number of hydrogen-bond acceptors (Lipinski definition) is 2. The summed E-state index contributed by atoms with van der Waals surface area (Å²) >= 11 is 11.6. The van der Waals surface area contributed by atoms with Crippen LogP contribution in [0.3, 0.4) is 0 Å². The van der Waals surface area contributed by atoms with E-state index in [1.807, 2.05) is 0 Å². The number of hydrogen-bond donors (Lipinski definition) is 0. The van der Waals surface area contributed by atoms with Gasteiger partial charge in [-0.15, -0.1) is 0 Å². The molecule has 0 saturated heterocycles. The van der Waals surface area contributed by atoms with Gasteiger partial charge in [-0.05, 0) is 55.0 Å². The SMILES string of the molecule is O=C(c1ccc(Cl)cc1)C1CC1C(=O)c1ccc(Cl)cc1. The zero-order valence-electron chi connectivity index (χ0n) is 11.1. The molecule has 0 amide bonds. The smallest absolute Gasteiger partial charge is 0.166 e. The Hall–Kier alpha value is -1.64. The predicted molar refractivity (Wildman–Crippen MR) is 83.2 cm³/mol. The fraction of sp³-hybridized carbons (Fsp3) is 0.176. The van der Waals surface area contributed by atoms with Crippen molar-refractivity contribution in [3.05, 3.63) is 69.7 Å². The highest BCUT2D eigenvalue weighted by molar-refractivity contribution is 6.31. The van der Waals surface area contributed by atoms with Crippen molar-refractivity contribution >= 4 is 34.8 Å². The molecule has 1 saturated carbocycles. The fourth-order valence-corrected chi connectivity index (χ4v) is 2.68. The van der Waals surface area contributed by atoms with Crippen LogP contribution in [0.2, 0.25) is 10.0 Å². The van der Waals surface area contributed by atoms with Gasteiger partial charge in [0.2, 0.25) is 0 Å². The van der Waals surface area contributed by atoms with Gasteiger partial charge >= 0.3 is 0 Å². The Bertz CT molecular complexity index is 628. The summed E-state index contributed by atoms with van der Waals surface area (Å²) in [7, 11) is 0. The summed E-state index contributed by atoms with van der Waals surface area (Å²) in [5, 5.41) is 1.19. The molecular weight excluding hydrogens is 307 g/mol. The molecule has 1 aliphatic rings. The zero-order chi connectivity index (χ0) is 15.0. The van der Waals surface area contributed by atoms with Crippen molar-refractivity contribution in [2.24, 2.45) is 11.8 Å². The summed E-state index contributed by atoms with van der Waals surface area (Å²) in [4.78, 5) is 24.6. The summed E-state index contributed by atoms with van der Waals surface area (Å²) < 4.78 is 0. The summed E-state index contributed by atoms with van der Waals surface area (Å²) in [6.45, 7) is 0. The van der Waals surface area contributed by atoms with Crippen molar-refractivity contribution in [3.8, 4) is 0 Å². The predicted octanol–water partition coefficient (Wildman–Crippen LogP) is 4.70. The molecule has 0 heterocycles. The molecule has 0 bridgehead atoms. The quantitative estimate of drug-likeness (QED) is 0.766. The standard InChI is InChI=1S/C17H12Cl2O2/c18-12-5-1-10(2-6-12)16(20)14-9-15(14)17(21)11-3-7-13(19)8-4-11/h1-8,14-15H,9H2. The molecule has 1 aliphatic carbocycles. The molecule has 3 rings (SSSR count). The molecule has 2 atom stereocenters. The molecule has 2 nitrogen and oxygen atoms in total. The molecule has 0 aliphatic heterocycles. The number of carbonyl (C=O) groups is 2. The molecule has 0 spiro atoms. The third-order valence-electron chi connectivity index (χ3n) is 3.72. The highest BCUT2D eigenvalue weighted by atomic mass is 35.5. The average Bonchev–Trinajstić information content (AvgIpc) is 3.28. The third-order valence-corrected chi connectivity index (χ3v) is 4.23. The maximum absolute atomic E-state index is 12.3. The Morgan fingerprint density at radius 2 is 1.05 bits per heavy atom. The summed E-state index contributed by atoms with van der Waals surface area (Å²) in [5.41, 5.74) is 1.21. The van der Waals surface area contributed by atoms with Crippen LogP contribution < -0.4 is 0 Å². The molecule has 2 aromatic carbocycles. The first-order valence-electron chi connectivity index (χ1n) is 6.66. The normalized spacial score (nSPS) is 20.1. The van der Waals surface area contributed by atoms with Crippen LogP contribution in [0.25, 0.3) is 0 Å². The lowest BCUT2D eigenvalue weighted by Crippen LogP contribution is -2.09. The van der Waals surface area contributed by atoms with E-state index in [0.29, 0.717) is 27.6 Å². The van der Waals surface area contributed by atoms with Crippen LogP contribution in [-0.4, -0.2) is 11.6 Å². The number of halogens is 2. The lowest BCUT2D eigenvalue weighted by atomic mass is 10.0. The molecular formula is C17H12Cl2O2. The molecule has 0 N–H and O–H groups in total. The minimum atomic E-state index is -0.214. The van der Waals surface area contributed by atoms with Gasteiger partial charge < -0.3 is 0 Å². The van der Waals surface area contributed by atoms with Crippen molar-refractivity contribution in [3.63, 3.8) is 0 Å². The van der Waals surface area contributed by atoms with Gasteiger partial charge in [-0.2, -0.15) is 0 Å². The van der Waals surface area contributed by atoms with Crippen LogP contribution in [0, 0.1) is 11.8 Å². The van der Waals surface area contributed by atoms with E-state index in [0.717, 1.165) is 0 Å². The van der Waals surface area contributed by atoms with E-state index in [1.54, 1.807) is 48.5 Å². The number of ketones is 2. The van der Waals surface area contributed by atoms with E-state index in [1.165, 1.54) is 0 Å². The van der Waals surface area contributed by atoms with Gasteiger partial charge in [-0.25, -0.2) is 0 Å². The van der Waals surface area contributed by atoms with Gasteiger partial charge in [0.15, 0.2) is 11.6 Å². The Morgan fingerprint density at radius 1 is 0.714 bits per heavy atom. The molecule has 1 fully saturated rings. The van der Waals surface area contributed by atoms with Crippen LogP contribution in [0.1, 0.15) is 27.1 Å². The second-order valence-electron chi connectivity index (χ2n) is 5.19. The molecule has 106 valence electrons. The minimum absolute atomic E-state index is 0.0129. The van der Waals surface area contributed by atoms with Crippen molar-refractivity contribution in [2.75, 3.05) is 0 Å². The van der Waals surface area contributed by atoms with E-state index >= 15 is 0 Å². The van der Waals surface area contributed by atoms with Crippen molar-refractivity contribution in [1.82, 2.24) is 0 Å². The van der Waals surface area contributed by atoms with Crippen molar-refractivity contribution < 1.29 is 9.59 Å². The van der Waals surface area contributed by atoms with Crippen LogP contribution in [0.4, 0.5) is 0 Å². The molecule has 21 heavy (non-hydrogen) atoms. The van der Waals surface area contributed by atoms with E-state index in [2.05, 4.69) is 0 Å². The number of carbonyl (C=O) groups excluding carboxylic acids is 2. The van der Waals surface area contributed by atoms with Crippen molar-refractivity contribution in [1.29, 1.82) is 0 Å². The second-order valence-corrected chi connectivity index (χ2v) is 6.06. The van der Waals surface area contributed by atoms with E-state index in [9.17, 15) is 9.59 Å². The van der Waals surface area contributed by atoms with Gasteiger partial charge in [-0.1, -0.05) is 23.2 Å². The maximum atomic E-state index is 12.3. The topological polar surface area (TPSA) is 34.1 Å². The highest BCUT2D eigenvalue weighted by Gasteiger charge is 2.47. The summed E-state index contributed by atoms with van der Waals surface area (Å²) in [5.74, 6) is -0.401. The minimum Gasteiger partial charge on any atom is -0.294 e. The van der Waals surface area contributed by atoms with Gasteiger partial charge in [0, 0.05) is 33.0 Å². The average molecular weight is 319 g/mol. The molecule has 2 aromatic rings. The van der Waals surface area contributed by atoms with Gasteiger partial charge in [-0.3, -0.25) is 9.59 Å². The van der Waals surface area contributed by atoms with Crippen LogP contribution in [0.5, 0.6) is 0 Å². The molecule has 2 unspecified atom stereocenters. The Kier molecular flexibility index (Phi) is 3.83. The maximum Gasteiger partial charge on any atom is 0.166 e. The van der Waals surface area contributed by atoms with Gasteiger partial charge in [0.1, 0.15) is 0 Å². The lowest BCUT2D eigenvalue weighted by Gasteiger charge is -2.02. The molecule has 0 radical (unpaired) electrons. The Labute approximate surface area is 132 Å². The largest absolute Gasteiger partial charge is 0.294 e. The van der Waals surface area contributed by atoms with Crippen LogP contribution >= 0.6 is 23.2 Å². The first-order chi connectivity index (χ1) is 10.1. The first-order valence-corrected chi connectivity index (χ1v) is 7.41. The number of benzene rings is 2. The molecule has 4 heteroatoms. The highest BCUT2D eigenvalue weighted by Crippen LogP contribution is 2.43. The number of rotatable bonds is 4. The number of Topliss-reactive ketones (excluding diaryl/α,β-unsaturated/α-hetero) is 2. The van der Waals surface area contributed by atoms with E-state index in [-0.39, 0.29) is 23.4 Å². The van der Waals surface area contributed by atoms with E-state index in [4.69, 9.17) is 23.2 Å². The lowest BCUT2D eigenvalue weighted by molar-refractivity contribution is 0.0906. The van der Waals surface area contributed by atoms with Gasteiger partial charge in [0.05, 0.1) is 0 Å².